The maximum absolute atomic E-state index is 11.8. The lowest BCUT2D eigenvalue weighted by molar-refractivity contribution is -0.131. The van der Waals surface area contributed by atoms with Crippen LogP contribution in [0.15, 0.2) is 24.3 Å². The van der Waals surface area contributed by atoms with Gasteiger partial charge in [0.25, 0.3) is 0 Å². The maximum Gasteiger partial charge on any atom is 0.225 e. The molecule has 1 aromatic carbocycles. The summed E-state index contributed by atoms with van der Waals surface area (Å²) in [5.74, 6) is 0.851. The molecule has 0 spiro atoms. The van der Waals surface area contributed by atoms with Crippen LogP contribution in [0.2, 0.25) is 0 Å². The number of hydrogen-bond donors (Lipinski definition) is 1. The van der Waals surface area contributed by atoms with Crippen LogP contribution in [0.3, 0.4) is 0 Å². The monoisotopic (exact) mass is 250 g/mol. The topological polar surface area (TPSA) is 55.6 Å². The van der Waals surface area contributed by atoms with E-state index >= 15 is 0 Å². The molecule has 0 aromatic heterocycles. The molecular weight excluding hydrogens is 228 g/mol. The number of carbonyl (C=O) groups is 1. The molecule has 0 atom stereocenters. The Hall–Kier alpha value is -1.71. The summed E-state index contributed by atoms with van der Waals surface area (Å²) in [5, 5.41) is 0. The smallest absolute Gasteiger partial charge is 0.225 e. The molecule has 1 aromatic rings. The standard InChI is InChI=1S/C14H22N2O2/c1-3-9-16(4-2)14(17)8-10-18-13-7-5-6-12(15)11-13/h5-7,11H,3-4,8-10,15H2,1-2H3. The number of benzene rings is 1. The highest BCUT2D eigenvalue weighted by molar-refractivity contribution is 5.76. The van der Waals surface area contributed by atoms with E-state index in [2.05, 4.69) is 6.92 Å². The number of hydrogen-bond acceptors (Lipinski definition) is 3. The number of anilines is 1. The van der Waals surface area contributed by atoms with Crippen molar-refractivity contribution >= 4 is 11.6 Å². The number of carbonyl (C=O) groups excluding carboxylic acids is 1. The van der Waals surface area contributed by atoms with Gasteiger partial charge in [-0.2, -0.15) is 0 Å². The van der Waals surface area contributed by atoms with E-state index in [4.69, 9.17) is 10.5 Å². The molecule has 0 saturated heterocycles. The molecule has 0 radical (unpaired) electrons. The molecule has 0 aliphatic heterocycles. The Balaban J connectivity index is 2.35. The molecule has 4 heteroatoms. The molecule has 0 fully saturated rings. The number of ether oxygens (including phenoxy) is 1. The average molecular weight is 250 g/mol. The van der Waals surface area contributed by atoms with E-state index in [0.717, 1.165) is 19.5 Å². The van der Waals surface area contributed by atoms with Crippen LogP contribution in [0.25, 0.3) is 0 Å². The Bertz CT molecular complexity index is 380. The number of amides is 1. The minimum Gasteiger partial charge on any atom is -0.493 e. The Labute approximate surface area is 109 Å². The van der Waals surface area contributed by atoms with Crippen molar-refractivity contribution < 1.29 is 9.53 Å². The first kappa shape index (κ1) is 14.4. The van der Waals surface area contributed by atoms with Gasteiger partial charge in [0.1, 0.15) is 5.75 Å². The minimum absolute atomic E-state index is 0.142. The van der Waals surface area contributed by atoms with Crippen molar-refractivity contribution in [1.29, 1.82) is 0 Å². The van der Waals surface area contributed by atoms with Crippen LogP contribution in [-0.2, 0) is 4.79 Å². The van der Waals surface area contributed by atoms with Gasteiger partial charge in [0, 0.05) is 24.8 Å². The molecule has 0 aliphatic carbocycles. The number of rotatable bonds is 7. The van der Waals surface area contributed by atoms with Crippen molar-refractivity contribution in [2.24, 2.45) is 0 Å². The summed E-state index contributed by atoms with van der Waals surface area (Å²) in [6.45, 7) is 6.02. The molecule has 18 heavy (non-hydrogen) atoms. The van der Waals surface area contributed by atoms with Gasteiger partial charge >= 0.3 is 0 Å². The van der Waals surface area contributed by atoms with E-state index in [1.165, 1.54) is 0 Å². The molecule has 100 valence electrons. The summed E-state index contributed by atoms with van der Waals surface area (Å²) in [7, 11) is 0. The minimum atomic E-state index is 0.142. The largest absolute Gasteiger partial charge is 0.493 e. The predicted molar refractivity (Wildman–Crippen MR) is 73.5 cm³/mol. The highest BCUT2D eigenvalue weighted by Gasteiger charge is 2.10. The normalized spacial score (nSPS) is 10.1. The Morgan fingerprint density at radius 3 is 2.78 bits per heavy atom. The quantitative estimate of drug-likeness (QED) is 0.755. The van der Waals surface area contributed by atoms with Crippen molar-refractivity contribution in [2.75, 3.05) is 25.4 Å². The molecule has 0 aliphatic rings. The summed E-state index contributed by atoms with van der Waals surface area (Å²) in [4.78, 5) is 13.7. The maximum atomic E-state index is 11.8. The lowest BCUT2D eigenvalue weighted by atomic mass is 10.3. The first-order chi connectivity index (χ1) is 8.67. The number of nitrogen functional groups attached to an aromatic ring is 1. The molecule has 0 bridgehead atoms. The van der Waals surface area contributed by atoms with Crippen LogP contribution in [0, 0.1) is 0 Å². The van der Waals surface area contributed by atoms with Crippen molar-refractivity contribution in [3.8, 4) is 5.75 Å². The zero-order valence-electron chi connectivity index (χ0n) is 11.2. The predicted octanol–water partition coefficient (Wildman–Crippen LogP) is 2.30. The number of nitrogens with two attached hydrogens (primary N) is 1. The third kappa shape index (κ3) is 4.65. The van der Waals surface area contributed by atoms with Crippen LogP contribution in [0.4, 0.5) is 5.69 Å². The van der Waals surface area contributed by atoms with E-state index in [-0.39, 0.29) is 5.91 Å². The SMILES string of the molecule is CCCN(CC)C(=O)CCOc1cccc(N)c1. The number of nitrogens with zero attached hydrogens (tertiary/aromatic N) is 1. The summed E-state index contributed by atoms with van der Waals surface area (Å²) >= 11 is 0. The average Bonchev–Trinajstić information content (AvgIpc) is 2.36. The lowest BCUT2D eigenvalue weighted by Gasteiger charge is -2.20. The van der Waals surface area contributed by atoms with Crippen LogP contribution < -0.4 is 10.5 Å². The fraction of sp³-hybridized carbons (Fsp3) is 0.500. The second kappa shape index (κ2) is 7.58. The Kier molecular flexibility index (Phi) is 6.05. The second-order valence-corrected chi connectivity index (χ2v) is 4.14. The van der Waals surface area contributed by atoms with E-state index in [9.17, 15) is 4.79 Å². The lowest BCUT2D eigenvalue weighted by Crippen LogP contribution is -2.32. The van der Waals surface area contributed by atoms with E-state index in [1.807, 2.05) is 24.0 Å². The van der Waals surface area contributed by atoms with Crippen LogP contribution in [0.1, 0.15) is 26.7 Å². The second-order valence-electron chi connectivity index (χ2n) is 4.14. The highest BCUT2D eigenvalue weighted by Crippen LogP contribution is 2.14. The molecule has 4 nitrogen and oxygen atoms in total. The fourth-order valence-electron chi connectivity index (χ4n) is 1.75. The molecule has 1 rings (SSSR count). The first-order valence-electron chi connectivity index (χ1n) is 6.43. The Morgan fingerprint density at radius 1 is 1.39 bits per heavy atom. The van der Waals surface area contributed by atoms with Crippen LogP contribution in [-0.4, -0.2) is 30.5 Å². The van der Waals surface area contributed by atoms with Gasteiger partial charge in [0.2, 0.25) is 5.91 Å². The van der Waals surface area contributed by atoms with Gasteiger partial charge in [-0.3, -0.25) is 4.79 Å². The zero-order chi connectivity index (χ0) is 13.4. The van der Waals surface area contributed by atoms with Gasteiger partial charge in [-0.25, -0.2) is 0 Å². The van der Waals surface area contributed by atoms with Crippen molar-refractivity contribution in [2.45, 2.75) is 26.7 Å². The van der Waals surface area contributed by atoms with Gasteiger partial charge in [0.05, 0.1) is 13.0 Å². The third-order valence-electron chi connectivity index (χ3n) is 2.67. The fourth-order valence-corrected chi connectivity index (χ4v) is 1.75. The molecular formula is C14H22N2O2. The van der Waals surface area contributed by atoms with Crippen LogP contribution in [0.5, 0.6) is 5.75 Å². The summed E-state index contributed by atoms with van der Waals surface area (Å²) in [5.41, 5.74) is 6.31. The van der Waals surface area contributed by atoms with Gasteiger partial charge in [0.15, 0.2) is 0 Å². The van der Waals surface area contributed by atoms with Gasteiger partial charge in [-0.15, -0.1) is 0 Å². The highest BCUT2D eigenvalue weighted by atomic mass is 16.5. The van der Waals surface area contributed by atoms with E-state index in [0.29, 0.717) is 24.5 Å². The summed E-state index contributed by atoms with van der Waals surface area (Å²) in [6.07, 6.45) is 1.39. The van der Waals surface area contributed by atoms with Gasteiger partial charge < -0.3 is 15.4 Å². The molecule has 0 unspecified atom stereocenters. The van der Waals surface area contributed by atoms with E-state index in [1.54, 1.807) is 12.1 Å². The molecule has 0 heterocycles. The van der Waals surface area contributed by atoms with Gasteiger partial charge in [-0.05, 0) is 25.5 Å². The van der Waals surface area contributed by atoms with Gasteiger partial charge in [-0.1, -0.05) is 13.0 Å². The molecule has 1 amide bonds. The molecule has 2 N–H and O–H groups in total. The van der Waals surface area contributed by atoms with Crippen LogP contribution >= 0.6 is 0 Å². The van der Waals surface area contributed by atoms with Crippen molar-refractivity contribution in [3.05, 3.63) is 24.3 Å². The van der Waals surface area contributed by atoms with Crippen molar-refractivity contribution in [1.82, 2.24) is 4.90 Å². The van der Waals surface area contributed by atoms with E-state index < -0.39 is 0 Å². The summed E-state index contributed by atoms with van der Waals surface area (Å²) < 4.78 is 5.50. The van der Waals surface area contributed by atoms with Crippen molar-refractivity contribution in [3.63, 3.8) is 0 Å². The first-order valence-corrected chi connectivity index (χ1v) is 6.43. The summed E-state index contributed by atoms with van der Waals surface area (Å²) in [6, 6.07) is 7.23. The Morgan fingerprint density at radius 2 is 2.17 bits per heavy atom. The zero-order valence-corrected chi connectivity index (χ0v) is 11.2. The third-order valence-corrected chi connectivity index (χ3v) is 2.67. The molecule has 0 saturated carbocycles.